The smallest absolute Gasteiger partial charge is 0.227 e. The van der Waals surface area contributed by atoms with Gasteiger partial charge >= 0.3 is 0 Å². The zero-order chi connectivity index (χ0) is 19.8. The molecule has 0 saturated carbocycles. The highest BCUT2D eigenvalue weighted by atomic mass is 127. The number of anilines is 1. The fourth-order valence-electron chi connectivity index (χ4n) is 3.11. The number of hydrogen-bond acceptors (Lipinski definition) is 3. The van der Waals surface area contributed by atoms with Crippen molar-refractivity contribution in [1.29, 1.82) is 0 Å². The number of amides is 1. The van der Waals surface area contributed by atoms with Crippen LogP contribution in [0, 0.1) is 5.92 Å². The Morgan fingerprint density at radius 3 is 2.62 bits per heavy atom. The van der Waals surface area contributed by atoms with Crippen molar-refractivity contribution < 1.29 is 9.21 Å². The maximum atomic E-state index is 11.9. The van der Waals surface area contributed by atoms with E-state index in [1.807, 2.05) is 41.3 Å². The number of nitrogens with zero attached hydrogens (tertiary/aromatic N) is 2. The molecule has 158 valence electrons. The molecule has 0 aliphatic carbocycles. The lowest BCUT2D eigenvalue weighted by molar-refractivity contribution is -0.117. The molecule has 1 aliphatic heterocycles. The largest absolute Gasteiger partial charge is 0.469 e. The van der Waals surface area contributed by atoms with E-state index in [1.54, 1.807) is 6.26 Å². The third-order valence-corrected chi connectivity index (χ3v) is 4.66. The summed E-state index contributed by atoms with van der Waals surface area (Å²) in [4.78, 5) is 18.4. The van der Waals surface area contributed by atoms with Gasteiger partial charge in [0.2, 0.25) is 5.91 Å². The Bertz CT molecular complexity index is 773. The van der Waals surface area contributed by atoms with Crippen molar-refractivity contribution in [1.82, 2.24) is 10.6 Å². The van der Waals surface area contributed by atoms with Gasteiger partial charge in [-0.25, -0.2) is 4.99 Å². The van der Waals surface area contributed by atoms with Gasteiger partial charge in [0.1, 0.15) is 5.76 Å². The van der Waals surface area contributed by atoms with Gasteiger partial charge in [-0.05, 0) is 42.2 Å². The highest BCUT2D eigenvalue weighted by Crippen LogP contribution is 2.21. The van der Waals surface area contributed by atoms with Crippen molar-refractivity contribution in [2.75, 3.05) is 24.5 Å². The molecule has 0 spiro atoms. The second-order valence-electron chi connectivity index (χ2n) is 7.51. The second kappa shape index (κ2) is 11.8. The van der Waals surface area contributed by atoms with Crippen LogP contribution in [0.2, 0.25) is 0 Å². The van der Waals surface area contributed by atoms with Crippen molar-refractivity contribution in [3.63, 3.8) is 0 Å². The van der Waals surface area contributed by atoms with Crippen LogP contribution in [0.25, 0.3) is 0 Å². The number of rotatable bonds is 8. The zero-order valence-corrected chi connectivity index (χ0v) is 19.5. The van der Waals surface area contributed by atoms with Crippen molar-refractivity contribution in [2.45, 2.75) is 39.7 Å². The van der Waals surface area contributed by atoms with Gasteiger partial charge in [0, 0.05) is 38.2 Å². The van der Waals surface area contributed by atoms with Crippen LogP contribution in [0.4, 0.5) is 5.69 Å². The summed E-state index contributed by atoms with van der Waals surface area (Å²) in [5.74, 6) is 2.52. The Balaban J connectivity index is 0.00000300. The number of aliphatic imine (C=N–C) groups is 1. The van der Waals surface area contributed by atoms with Crippen molar-refractivity contribution in [3.8, 4) is 0 Å². The number of hydrogen-bond donors (Lipinski definition) is 2. The van der Waals surface area contributed by atoms with Gasteiger partial charge in [-0.3, -0.25) is 4.79 Å². The molecule has 1 aromatic heterocycles. The topological polar surface area (TPSA) is 69.9 Å². The molecule has 0 atom stereocenters. The number of guanidine groups is 1. The monoisotopic (exact) mass is 510 g/mol. The van der Waals surface area contributed by atoms with Crippen LogP contribution in [0.3, 0.4) is 0 Å². The van der Waals surface area contributed by atoms with Gasteiger partial charge in [0.15, 0.2) is 5.96 Å². The molecule has 7 heteroatoms. The third-order valence-electron chi connectivity index (χ3n) is 4.66. The number of halogens is 1. The number of furan rings is 1. The Morgan fingerprint density at radius 2 is 2.00 bits per heavy atom. The van der Waals surface area contributed by atoms with Crippen LogP contribution < -0.4 is 15.5 Å². The molecule has 0 unspecified atom stereocenters. The average Bonchev–Trinajstić information content (AvgIpc) is 3.35. The van der Waals surface area contributed by atoms with Crippen molar-refractivity contribution in [3.05, 3.63) is 54.0 Å². The minimum atomic E-state index is 0. The van der Waals surface area contributed by atoms with E-state index in [4.69, 9.17) is 9.41 Å². The average molecular weight is 510 g/mol. The lowest BCUT2D eigenvalue weighted by Crippen LogP contribution is -2.40. The summed E-state index contributed by atoms with van der Waals surface area (Å²) in [6, 6.07) is 12.0. The first-order valence-electron chi connectivity index (χ1n) is 10.1. The third kappa shape index (κ3) is 7.38. The predicted octanol–water partition coefficient (Wildman–Crippen LogP) is 3.96. The standard InChI is InChI=1S/C22H30N4O2.HI/c1-17(2)15-24-22(23-12-11-20-5-4-14-28-20)25-16-18-7-9-19(10-8-18)26-13-3-6-21(26)27;/h4-5,7-10,14,17H,3,6,11-13,15-16H2,1-2H3,(H2,23,24,25);1H. The summed E-state index contributed by atoms with van der Waals surface area (Å²) in [6.07, 6.45) is 4.11. The van der Waals surface area contributed by atoms with E-state index in [9.17, 15) is 4.79 Å². The summed E-state index contributed by atoms with van der Waals surface area (Å²) in [7, 11) is 0. The Hall–Kier alpha value is -2.03. The molecule has 0 radical (unpaired) electrons. The highest BCUT2D eigenvalue weighted by molar-refractivity contribution is 14.0. The van der Waals surface area contributed by atoms with Gasteiger partial charge in [0.05, 0.1) is 12.8 Å². The summed E-state index contributed by atoms with van der Waals surface area (Å²) in [5.41, 5.74) is 2.09. The lowest BCUT2D eigenvalue weighted by atomic mass is 10.2. The van der Waals surface area contributed by atoms with E-state index in [-0.39, 0.29) is 29.9 Å². The van der Waals surface area contributed by atoms with Gasteiger partial charge in [-0.2, -0.15) is 0 Å². The molecule has 1 amide bonds. The van der Waals surface area contributed by atoms with E-state index in [0.717, 1.165) is 55.4 Å². The lowest BCUT2D eigenvalue weighted by Gasteiger charge is -2.16. The van der Waals surface area contributed by atoms with Crippen LogP contribution in [-0.2, 0) is 17.8 Å². The summed E-state index contributed by atoms with van der Waals surface area (Å²) in [5, 5.41) is 6.76. The fourth-order valence-corrected chi connectivity index (χ4v) is 3.11. The number of carbonyl (C=O) groups excluding carboxylic acids is 1. The van der Waals surface area contributed by atoms with Crippen molar-refractivity contribution >= 4 is 41.5 Å². The van der Waals surface area contributed by atoms with Gasteiger partial charge < -0.3 is 20.0 Å². The van der Waals surface area contributed by atoms with Gasteiger partial charge in [-0.15, -0.1) is 24.0 Å². The second-order valence-corrected chi connectivity index (χ2v) is 7.51. The molecule has 2 aromatic rings. The summed E-state index contributed by atoms with van der Waals surface area (Å²) >= 11 is 0. The van der Waals surface area contributed by atoms with Crippen LogP contribution in [-0.4, -0.2) is 31.5 Å². The molecular weight excluding hydrogens is 479 g/mol. The molecule has 1 fully saturated rings. The van der Waals surface area contributed by atoms with E-state index in [1.165, 1.54) is 0 Å². The highest BCUT2D eigenvalue weighted by Gasteiger charge is 2.21. The van der Waals surface area contributed by atoms with Crippen LogP contribution >= 0.6 is 24.0 Å². The van der Waals surface area contributed by atoms with Crippen LogP contribution in [0.1, 0.15) is 38.0 Å². The zero-order valence-electron chi connectivity index (χ0n) is 17.2. The Kier molecular flexibility index (Phi) is 9.50. The number of nitrogens with one attached hydrogen (secondary N) is 2. The molecule has 1 aromatic carbocycles. The first-order valence-corrected chi connectivity index (χ1v) is 10.1. The van der Waals surface area contributed by atoms with Gasteiger partial charge in [-0.1, -0.05) is 26.0 Å². The quantitative estimate of drug-likeness (QED) is 0.321. The molecule has 29 heavy (non-hydrogen) atoms. The fraction of sp³-hybridized carbons (Fsp3) is 0.455. The van der Waals surface area contributed by atoms with Gasteiger partial charge in [0.25, 0.3) is 0 Å². The molecule has 2 heterocycles. The minimum absolute atomic E-state index is 0. The molecule has 6 nitrogen and oxygen atoms in total. The molecule has 3 rings (SSSR count). The maximum absolute atomic E-state index is 11.9. The first-order chi connectivity index (χ1) is 13.6. The maximum Gasteiger partial charge on any atom is 0.227 e. The summed E-state index contributed by atoms with van der Waals surface area (Å²) in [6.45, 7) is 7.37. The van der Waals surface area contributed by atoms with E-state index in [0.29, 0.717) is 18.9 Å². The van der Waals surface area contributed by atoms with E-state index in [2.05, 4.69) is 24.5 Å². The Morgan fingerprint density at radius 1 is 1.21 bits per heavy atom. The Labute approximate surface area is 190 Å². The van der Waals surface area contributed by atoms with Crippen LogP contribution in [0.15, 0.2) is 52.1 Å². The number of benzene rings is 1. The van der Waals surface area contributed by atoms with Crippen molar-refractivity contribution in [2.24, 2.45) is 10.9 Å². The predicted molar refractivity (Wildman–Crippen MR) is 128 cm³/mol. The number of carbonyl (C=O) groups is 1. The molecule has 1 saturated heterocycles. The molecular formula is C22H31IN4O2. The first kappa shape index (κ1) is 23.3. The molecule has 1 aliphatic rings. The normalized spacial score (nSPS) is 14.2. The molecule has 0 bridgehead atoms. The molecule has 2 N–H and O–H groups in total. The van der Waals surface area contributed by atoms with E-state index >= 15 is 0 Å². The van der Waals surface area contributed by atoms with E-state index < -0.39 is 0 Å². The minimum Gasteiger partial charge on any atom is -0.469 e. The van der Waals surface area contributed by atoms with Crippen LogP contribution in [0.5, 0.6) is 0 Å². The summed E-state index contributed by atoms with van der Waals surface area (Å²) < 4.78 is 5.38. The SMILES string of the molecule is CC(C)CNC(=NCc1ccc(N2CCCC2=O)cc1)NCCc1ccco1.I.